The number of hydrogen-bond acceptors (Lipinski definition) is 3. The molecule has 0 saturated carbocycles. The quantitative estimate of drug-likeness (QED) is 0.865. The molecule has 1 aliphatic heterocycles. The Balaban J connectivity index is 1.70. The number of hydrogen-bond donors (Lipinski definition) is 1. The molecule has 2 heterocycles. The zero-order valence-electron chi connectivity index (χ0n) is 8.83. The van der Waals surface area contributed by atoms with Crippen molar-refractivity contribution >= 4 is 22.6 Å². The second kappa shape index (κ2) is 5.32. The van der Waals surface area contributed by atoms with Crippen LogP contribution in [0.1, 0.15) is 19.1 Å². The number of nitrogens with one attached hydrogen (secondary N) is 1. The Kier molecular flexibility index (Phi) is 4.05. The molecule has 2 unspecified atom stereocenters. The van der Waals surface area contributed by atoms with Gasteiger partial charge in [-0.2, -0.15) is 0 Å². The Hall–Kier alpha value is -0.0700. The fraction of sp³-hybridized carbons (Fsp3) is 0.636. The average molecular weight is 321 g/mol. The second-order valence-electron chi connectivity index (χ2n) is 3.96. The first-order valence-corrected chi connectivity index (χ1v) is 6.40. The van der Waals surface area contributed by atoms with Crippen LogP contribution in [0.5, 0.6) is 0 Å². The molecule has 1 aliphatic rings. The molecule has 1 saturated heterocycles. The lowest BCUT2D eigenvalue weighted by Gasteiger charge is -2.13. The van der Waals surface area contributed by atoms with Crippen LogP contribution in [0, 0.1) is 9.68 Å². The van der Waals surface area contributed by atoms with Crippen LogP contribution in [0.3, 0.4) is 0 Å². The Bertz CT molecular complexity index is 313. The number of furan rings is 1. The van der Waals surface area contributed by atoms with E-state index >= 15 is 0 Å². The highest BCUT2D eigenvalue weighted by molar-refractivity contribution is 14.1. The van der Waals surface area contributed by atoms with Gasteiger partial charge in [0.05, 0.1) is 12.6 Å². The molecule has 0 aliphatic carbocycles. The highest BCUT2D eigenvalue weighted by Crippen LogP contribution is 2.19. The van der Waals surface area contributed by atoms with Crippen LogP contribution in [0.25, 0.3) is 0 Å². The maximum Gasteiger partial charge on any atom is 0.164 e. The van der Waals surface area contributed by atoms with E-state index in [0.717, 1.165) is 29.2 Å². The van der Waals surface area contributed by atoms with Gasteiger partial charge in [-0.1, -0.05) is 0 Å². The van der Waals surface area contributed by atoms with Crippen LogP contribution >= 0.6 is 22.6 Å². The van der Waals surface area contributed by atoms with E-state index in [2.05, 4.69) is 34.8 Å². The van der Waals surface area contributed by atoms with Crippen LogP contribution in [0.15, 0.2) is 16.5 Å². The normalized spacial score (nSPS) is 26.0. The molecule has 0 aromatic carbocycles. The lowest BCUT2D eigenvalue weighted by molar-refractivity contribution is 0.105. The van der Waals surface area contributed by atoms with E-state index in [1.165, 1.54) is 6.42 Å². The van der Waals surface area contributed by atoms with Gasteiger partial charge in [0.25, 0.3) is 0 Å². The van der Waals surface area contributed by atoms with Gasteiger partial charge in [-0.05, 0) is 54.0 Å². The Morgan fingerprint density at radius 3 is 3.00 bits per heavy atom. The molecule has 1 N–H and O–H groups in total. The van der Waals surface area contributed by atoms with Crippen LogP contribution in [-0.2, 0) is 11.3 Å². The minimum Gasteiger partial charge on any atom is -0.454 e. The maximum atomic E-state index is 5.51. The summed E-state index contributed by atoms with van der Waals surface area (Å²) in [7, 11) is 0. The zero-order chi connectivity index (χ0) is 10.7. The Morgan fingerprint density at radius 1 is 1.53 bits per heavy atom. The van der Waals surface area contributed by atoms with Crippen molar-refractivity contribution in [3.8, 4) is 0 Å². The highest BCUT2D eigenvalue weighted by Gasteiger charge is 2.23. The first-order chi connectivity index (χ1) is 7.25. The number of halogens is 1. The second-order valence-corrected chi connectivity index (χ2v) is 5.02. The van der Waals surface area contributed by atoms with E-state index in [9.17, 15) is 0 Å². The van der Waals surface area contributed by atoms with E-state index < -0.39 is 0 Å². The third-order valence-electron chi connectivity index (χ3n) is 2.87. The molecule has 2 atom stereocenters. The van der Waals surface area contributed by atoms with Crippen molar-refractivity contribution in [2.75, 3.05) is 13.2 Å². The SMILES string of the molecule is CC1OCCC1CNCc1ccc(I)o1. The summed E-state index contributed by atoms with van der Waals surface area (Å²) in [5, 5.41) is 3.41. The van der Waals surface area contributed by atoms with Crippen molar-refractivity contribution in [1.82, 2.24) is 5.32 Å². The predicted molar refractivity (Wildman–Crippen MR) is 66.7 cm³/mol. The van der Waals surface area contributed by atoms with Crippen molar-refractivity contribution in [2.45, 2.75) is 26.0 Å². The monoisotopic (exact) mass is 321 g/mol. The van der Waals surface area contributed by atoms with Crippen molar-refractivity contribution < 1.29 is 9.15 Å². The first-order valence-electron chi connectivity index (χ1n) is 5.32. The summed E-state index contributed by atoms with van der Waals surface area (Å²) in [6, 6.07) is 4.00. The molecule has 15 heavy (non-hydrogen) atoms. The van der Waals surface area contributed by atoms with Gasteiger partial charge in [0.2, 0.25) is 0 Å². The fourth-order valence-electron chi connectivity index (χ4n) is 1.87. The molecule has 4 heteroatoms. The first kappa shape index (κ1) is 11.4. The van der Waals surface area contributed by atoms with Crippen molar-refractivity contribution in [1.29, 1.82) is 0 Å². The third kappa shape index (κ3) is 3.19. The van der Waals surface area contributed by atoms with E-state index in [1.54, 1.807) is 0 Å². The predicted octanol–water partition coefficient (Wildman–Crippen LogP) is 2.40. The van der Waals surface area contributed by atoms with Gasteiger partial charge >= 0.3 is 0 Å². The van der Waals surface area contributed by atoms with Crippen molar-refractivity contribution in [2.24, 2.45) is 5.92 Å². The summed E-state index contributed by atoms with van der Waals surface area (Å²) in [5.74, 6) is 1.66. The number of ether oxygens (including phenoxy) is 1. The minimum atomic E-state index is 0.397. The van der Waals surface area contributed by atoms with Crippen LogP contribution in [-0.4, -0.2) is 19.3 Å². The summed E-state index contributed by atoms with van der Waals surface area (Å²) < 4.78 is 11.9. The number of rotatable bonds is 4. The van der Waals surface area contributed by atoms with Crippen molar-refractivity contribution in [3.05, 3.63) is 21.7 Å². The van der Waals surface area contributed by atoms with Crippen LogP contribution in [0.4, 0.5) is 0 Å². The smallest absolute Gasteiger partial charge is 0.164 e. The molecule has 2 rings (SSSR count). The lowest BCUT2D eigenvalue weighted by atomic mass is 10.0. The maximum absolute atomic E-state index is 5.51. The minimum absolute atomic E-state index is 0.397. The third-order valence-corrected chi connectivity index (χ3v) is 3.45. The fourth-order valence-corrected chi connectivity index (χ4v) is 2.33. The van der Waals surface area contributed by atoms with Gasteiger partial charge in [-0.25, -0.2) is 0 Å². The molecule has 0 radical (unpaired) electrons. The van der Waals surface area contributed by atoms with Crippen LogP contribution < -0.4 is 5.32 Å². The summed E-state index contributed by atoms with van der Waals surface area (Å²) in [4.78, 5) is 0. The molecular weight excluding hydrogens is 305 g/mol. The van der Waals surface area contributed by atoms with Gasteiger partial charge in [-0.15, -0.1) is 0 Å². The molecule has 3 nitrogen and oxygen atoms in total. The molecular formula is C11H16INO2. The van der Waals surface area contributed by atoms with E-state index in [4.69, 9.17) is 9.15 Å². The average Bonchev–Trinajstić information content (AvgIpc) is 2.77. The molecule has 1 aromatic rings. The summed E-state index contributed by atoms with van der Waals surface area (Å²) in [6.45, 7) is 4.88. The molecule has 0 spiro atoms. The highest BCUT2D eigenvalue weighted by atomic mass is 127. The van der Waals surface area contributed by atoms with E-state index in [0.29, 0.717) is 12.0 Å². The van der Waals surface area contributed by atoms with Gasteiger partial charge in [0, 0.05) is 13.2 Å². The molecule has 0 amide bonds. The molecule has 1 fully saturated rings. The van der Waals surface area contributed by atoms with Gasteiger partial charge in [-0.3, -0.25) is 0 Å². The summed E-state index contributed by atoms with van der Waals surface area (Å²) in [5.41, 5.74) is 0. The summed E-state index contributed by atoms with van der Waals surface area (Å²) >= 11 is 2.18. The summed E-state index contributed by atoms with van der Waals surface area (Å²) in [6.07, 6.45) is 1.57. The molecule has 1 aromatic heterocycles. The topological polar surface area (TPSA) is 34.4 Å². The largest absolute Gasteiger partial charge is 0.454 e. The van der Waals surface area contributed by atoms with E-state index in [1.807, 2.05) is 12.1 Å². The van der Waals surface area contributed by atoms with Crippen molar-refractivity contribution in [3.63, 3.8) is 0 Å². The van der Waals surface area contributed by atoms with Crippen LogP contribution in [0.2, 0.25) is 0 Å². The van der Waals surface area contributed by atoms with Gasteiger partial charge in [0.15, 0.2) is 3.77 Å². The Labute approximate surface area is 104 Å². The zero-order valence-corrected chi connectivity index (χ0v) is 11.0. The lowest BCUT2D eigenvalue weighted by Crippen LogP contribution is -2.26. The van der Waals surface area contributed by atoms with Gasteiger partial charge < -0.3 is 14.5 Å². The Morgan fingerprint density at radius 2 is 2.40 bits per heavy atom. The van der Waals surface area contributed by atoms with E-state index in [-0.39, 0.29) is 0 Å². The standard InChI is InChI=1S/C11H16INO2/c1-8-9(4-5-14-8)6-13-7-10-2-3-11(12)15-10/h2-3,8-9,13H,4-7H2,1H3. The molecule has 0 bridgehead atoms. The van der Waals surface area contributed by atoms with Gasteiger partial charge in [0.1, 0.15) is 5.76 Å². The molecule has 84 valence electrons.